The molecule has 2 aromatic heterocycles. The second kappa shape index (κ2) is 7.73. The Labute approximate surface area is 170 Å². The van der Waals surface area contributed by atoms with E-state index >= 15 is 0 Å². The summed E-state index contributed by atoms with van der Waals surface area (Å²) in [4.78, 5) is 19.1. The summed E-state index contributed by atoms with van der Waals surface area (Å²) in [6.45, 7) is 0. The molecule has 1 atom stereocenters. The van der Waals surface area contributed by atoms with Crippen molar-refractivity contribution >= 4 is 34.0 Å². The average molecular weight is 407 g/mol. The molecular formula is C21H15ClN4O3. The monoisotopic (exact) mass is 406 g/mol. The zero-order chi connectivity index (χ0) is 20.4. The van der Waals surface area contributed by atoms with Gasteiger partial charge < -0.3 is 10.4 Å². The first-order valence-corrected chi connectivity index (χ1v) is 9.10. The molecule has 7 nitrogen and oxygen atoms in total. The summed E-state index contributed by atoms with van der Waals surface area (Å²) in [6, 6.07) is 16.1. The van der Waals surface area contributed by atoms with E-state index in [4.69, 9.17) is 11.6 Å². The van der Waals surface area contributed by atoms with E-state index in [-0.39, 0.29) is 11.4 Å². The van der Waals surface area contributed by atoms with Gasteiger partial charge >= 0.3 is 0 Å². The van der Waals surface area contributed by atoms with Gasteiger partial charge in [-0.1, -0.05) is 17.7 Å². The van der Waals surface area contributed by atoms with E-state index in [0.717, 1.165) is 0 Å². The number of nitro benzene ring substituents is 1. The van der Waals surface area contributed by atoms with Gasteiger partial charge in [0.2, 0.25) is 0 Å². The molecule has 144 valence electrons. The van der Waals surface area contributed by atoms with Crippen LogP contribution in [0.25, 0.3) is 10.9 Å². The number of non-ortho nitro benzene ring substituents is 1. The molecule has 0 aliphatic rings. The number of nitro groups is 1. The van der Waals surface area contributed by atoms with Gasteiger partial charge in [-0.25, -0.2) is 4.98 Å². The van der Waals surface area contributed by atoms with Crippen molar-refractivity contribution in [2.24, 2.45) is 0 Å². The van der Waals surface area contributed by atoms with Crippen molar-refractivity contribution in [3.05, 3.63) is 99.3 Å². The Bertz CT molecular complexity index is 1180. The number of hydrogen-bond donors (Lipinski definition) is 2. The van der Waals surface area contributed by atoms with Crippen LogP contribution >= 0.6 is 11.6 Å². The summed E-state index contributed by atoms with van der Waals surface area (Å²) in [5, 5.41) is 26.3. The first-order chi connectivity index (χ1) is 14.0. The minimum atomic E-state index is -0.561. The lowest BCUT2D eigenvalue weighted by Gasteiger charge is -2.22. The molecule has 8 heteroatoms. The molecule has 0 saturated carbocycles. The van der Waals surface area contributed by atoms with Gasteiger partial charge in [-0.2, -0.15) is 0 Å². The van der Waals surface area contributed by atoms with Gasteiger partial charge in [-0.15, -0.1) is 0 Å². The fourth-order valence-corrected chi connectivity index (χ4v) is 3.42. The molecule has 4 aromatic rings. The topological polar surface area (TPSA) is 101 Å². The van der Waals surface area contributed by atoms with Crippen LogP contribution in [0.3, 0.4) is 0 Å². The Morgan fingerprint density at radius 2 is 1.79 bits per heavy atom. The maximum Gasteiger partial charge on any atom is 0.269 e. The van der Waals surface area contributed by atoms with Crippen LogP contribution in [0.15, 0.2) is 73.1 Å². The van der Waals surface area contributed by atoms with E-state index in [9.17, 15) is 15.2 Å². The summed E-state index contributed by atoms with van der Waals surface area (Å²) in [5.41, 5.74) is 1.54. The number of aromatic nitrogens is 2. The summed E-state index contributed by atoms with van der Waals surface area (Å²) < 4.78 is 0. The number of rotatable bonds is 5. The van der Waals surface area contributed by atoms with E-state index in [0.29, 0.717) is 32.9 Å². The normalized spacial score (nSPS) is 11.9. The van der Waals surface area contributed by atoms with Crippen LogP contribution in [0.4, 0.5) is 11.5 Å². The largest absolute Gasteiger partial charge is 0.505 e. The van der Waals surface area contributed by atoms with E-state index in [1.54, 1.807) is 54.9 Å². The molecule has 0 aliphatic heterocycles. The highest BCUT2D eigenvalue weighted by atomic mass is 35.5. The second-order valence-electron chi connectivity index (χ2n) is 6.34. The summed E-state index contributed by atoms with van der Waals surface area (Å²) in [6.07, 6.45) is 3.22. The fourth-order valence-electron chi connectivity index (χ4n) is 3.15. The molecule has 2 N–H and O–H groups in total. The van der Waals surface area contributed by atoms with Crippen LogP contribution in [0.5, 0.6) is 5.75 Å². The van der Waals surface area contributed by atoms with Crippen molar-refractivity contribution in [3.8, 4) is 5.75 Å². The maximum absolute atomic E-state index is 11.0. The first kappa shape index (κ1) is 18.6. The number of hydrogen-bond acceptors (Lipinski definition) is 6. The van der Waals surface area contributed by atoms with Gasteiger partial charge in [0.25, 0.3) is 5.69 Å². The molecule has 0 aliphatic carbocycles. The first-order valence-electron chi connectivity index (χ1n) is 8.72. The van der Waals surface area contributed by atoms with Crippen molar-refractivity contribution in [3.63, 3.8) is 0 Å². The van der Waals surface area contributed by atoms with Crippen molar-refractivity contribution in [1.29, 1.82) is 0 Å². The molecule has 29 heavy (non-hydrogen) atoms. The van der Waals surface area contributed by atoms with Gasteiger partial charge in [0, 0.05) is 35.5 Å². The Kier molecular flexibility index (Phi) is 4.97. The smallest absolute Gasteiger partial charge is 0.269 e. The highest BCUT2D eigenvalue weighted by Gasteiger charge is 2.22. The van der Waals surface area contributed by atoms with Crippen LogP contribution in [0, 0.1) is 10.1 Å². The number of fused-ring (bicyclic) bond motifs is 1. The van der Waals surface area contributed by atoms with Crippen LogP contribution in [-0.2, 0) is 0 Å². The molecule has 0 radical (unpaired) electrons. The van der Waals surface area contributed by atoms with Crippen LogP contribution in [0.2, 0.25) is 5.02 Å². The molecule has 0 amide bonds. The standard InChI is InChI=1S/C21H15ClN4O3/c22-17-12-16(21(27)20-15(17)4-3-11-24-20)19(25-18-5-1-2-10-23-18)13-6-8-14(9-7-13)26(28)29/h1-12,19,27H,(H,23,25)/t19-/m0/s1. The third-order valence-electron chi connectivity index (χ3n) is 4.55. The van der Waals surface area contributed by atoms with Gasteiger partial charge in [-0.05, 0) is 48.0 Å². The third-order valence-corrected chi connectivity index (χ3v) is 4.86. The number of phenolic OH excluding ortho intramolecular Hbond substituents is 1. The summed E-state index contributed by atoms with van der Waals surface area (Å²) in [7, 11) is 0. The van der Waals surface area contributed by atoms with E-state index in [2.05, 4.69) is 15.3 Å². The third kappa shape index (κ3) is 3.68. The Morgan fingerprint density at radius 1 is 1.03 bits per heavy atom. The fraction of sp³-hybridized carbons (Fsp3) is 0.0476. The molecule has 4 rings (SSSR count). The second-order valence-corrected chi connectivity index (χ2v) is 6.74. The van der Waals surface area contributed by atoms with E-state index in [1.807, 2.05) is 6.07 Å². The van der Waals surface area contributed by atoms with Crippen LogP contribution in [-0.4, -0.2) is 20.0 Å². The van der Waals surface area contributed by atoms with Crippen molar-refractivity contribution < 1.29 is 10.0 Å². The van der Waals surface area contributed by atoms with Crippen molar-refractivity contribution in [2.75, 3.05) is 5.32 Å². The highest BCUT2D eigenvalue weighted by Crippen LogP contribution is 2.39. The summed E-state index contributed by atoms with van der Waals surface area (Å²) >= 11 is 6.45. The minimum Gasteiger partial charge on any atom is -0.505 e. The number of benzene rings is 2. The molecule has 2 heterocycles. The lowest BCUT2D eigenvalue weighted by molar-refractivity contribution is -0.384. The van der Waals surface area contributed by atoms with E-state index in [1.165, 1.54) is 12.1 Å². The quantitative estimate of drug-likeness (QED) is 0.353. The van der Waals surface area contributed by atoms with Gasteiger partial charge in [0.15, 0.2) is 0 Å². The number of nitrogens with zero attached hydrogens (tertiary/aromatic N) is 3. The number of aromatic hydroxyl groups is 1. The molecular weight excluding hydrogens is 392 g/mol. The molecule has 0 unspecified atom stereocenters. The molecule has 0 spiro atoms. The number of phenols is 1. The minimum absolute atomic E-state index is 0.0169. The number of anilines is 1. The number of nitrogens with one attached hydrogen (secondary N) is 1. The van der Waals surface area contributed by atoms with Gasteiger partial charge in [-0.3, -0.25) is 15.1 Å². The maximum atomic E-state index is 11.0. The zero-order valence-electron chi connectivity index (χ0n) is 15.0. The predicted molar refractivity (Wildman–Crippen MR) is 111 cm³/mol. The Hall–Kier alpha value is -3.71. The summed E-state index contributed by atoms with van der Waals surface area (Å²) in [5.74, 6) is 0.560. The van der Waals surface area contributed by atoms with Gasteiger partial charge in [0.05, 0.1) is 16.0 Å². The van der Waals surface area contributed by atoms with Gasteiger partial charge in [0.1, 0.15) is 17.1 Å². The van der Waals surface area contributed by atoms with Crippen LogP contribution < -0.4 is 5.32 Å². The van der Waals surface area contributed by atoms with Crippen LogP contribution in [0.1, 0.15) is 17.2 Å². The van der Waals surface area contributed by atoms with Crippen molar-refractivity contribution in [1.82, 2.24) is 9.97 Å². The zero-order valence-corrected chi connectivity index (χ0v) is 15.7. The SMILES string of the molecule is O=[N+]([O-])c1ccc([C@H](Nc2ccccn2)c2cc(Cl)c3cccnc3c2O)cc1. The van der Waals surface area contributed by atoms with E-state index < -0.39 is 11.0 Å². The molecule has 0 bridgehead atoms. The highest BCUT2D eigenvalue weighted by molar-refractivity contribution is 6.35. The molecule has 2 aromatic carbocycles. The average Bonchev–Trinajstić information content (AvgIpc) is 2.76. The number of pyridine rings is 2. The lowest BCUT2D eigenvalue weighted by Crippen LogP contribution is -2.14. The lowest BCUT2D eigenvalue weighted by atomic mass is 9.96. The molecule has 0 fully saturated rings. The Morgan fingerprint density at radius 3 is 2.48 bits per heavy atom. The van der Waals surface area contributed by atoms with Crippen molar-refractivity contribution in [2.45, 2.75) is 6.04 Å². The Balaban J connectivity index is 1.87. The predicted octanol–water partition coefficient (Wildman–Crippen LogP) is 5.10. The molecule has 0 saturated heterocycles. The number of halogens is 1.